The molecular weight excluding hydrogens is 455 g/mol. The van der Waals surface area contributed by atoms with Crippen LogP contribution in [0.3, 0.4) is 0 Å². The molecule has 34 heavy (non-hydrogen) atoms. The third kappa shape index (κ3) is 4.46. The molecule has 0 bridgehead atoms. The topological polar surface area (TPSA) is 67.7 Å². The van der Waals surface area contributed by atoms with Crippen LogP contribution >= 0.6 is 11.3 Å². The summed E-state index contributed by atoms with van der Waals surface area (Å²) >= 11 is 1.62. The predicted molar refractivity (Wildman–Crippen MR) is 130 cm³/mol. The van der Waals surface area contributed by atoms with Crippen LogP contribution in [-0.2, 0) is 30.5 Å². The number of thiophene rings is 1. The van der Waals surface area contributed by atoms with Crippen molar-refractivity contribution in [3.63, 3.8) is 0 Å². The zero-order valence-corrected chi connectivity index (χ0v) is 20.2. The van der Waals surface area contributed by atoms with Crippen LogP contribution in [0.2, 0.25) is 0 Å². The number of amides is 1. The minimum absolute atomic E-state index is 0.0275. The summed E-state index contributed by atoms with van der Waals surface area (Å²) < 4.78 is 20.7. The summed E-state index contributed by atoms with van der Waals surface area (Å²) in [5.41, 5.74) is 1.72. The number of benzene rings is 1. The molecule has 2 aromatic heterocycles. The maximum absolute atomic E-state index is 14.0. The molecule has 1 saturated heterocycles. The van der Waals surface area contributed by atoms with E-state index in [0.717, 1.165) is 48.1 Å². The highest BCUT2D eigenvalue weighted by atomic mass is 32.1. The number of aromatic nitrogens is 2. The van der Waals surface area contributed by atoms with Gasteiger partial charge in [0.1, 0.15) is 10.6 Å². The summed E-state index contributed by atoms with van der Waals surface area (Å²) in [5, 5.41) is 0.738. The predicted octanol–water partition coefficient (Wildman–Crippen LogP) is 3.47. The molecule has 2 aliphatic rings. The Morgan fingerprint density at radius 3 is 2.79 bits per heavy atom. The van der Waals surface area contributed by atoms with E-state index in [-0.39, 0.29) is 17.5 Å². The average molecular weight is 485 g/mol. The fraction of sp³-hybridized carbons (Fsp3) is 0.480. The molecule has 3 heterocycles. The van der Waals surface area contributed by atoms with Crippen molar-refractivity contribution in [2.45, 2.75) is 45.2 Å². The lowest BCUT2D eigenvalue weighted by molar-refractivity contribution is 0.0635. The number of rotatable bonds is 5. The second-order valence-corrected chi connectivity index (χ2v) is 9.97. The summed E-state index contributed by atoms with van der Waals surface area (Å²) in [7, 11) is 0. The van der Waals surface area contributed by atoms with Gasteiger partial charge in [0.15, 0.2) is 0 Å². The smallest absolute Gasteiger partial charge is 0.409 e. The molecule has 1 aromatic carbocycles. The number of ether oxygens (including phenoxy) is 1. The van der Waals surface area contributed by atoms with Gasteiger partial charge in [-0.2, -0.15) is 0 Å². The molecule has 0 spiro atoms. The van der Waals surface area contributed by atoms with E-state index in [1.165, 1.54) is 10.9 Å². The van der Waals surface area contributed by atoms with Crippen molar-refractivity contribution in [2.24, 2.45) is 0 Å². The van der Waals surface area contributed by atoms with Gasteiger partial charge in [-0.05, 0) is 49.8 Å². The van der Waals surface area contributed by atoms with Crippen molar-refractivity contribution >= 4 is 27.6 Å². The Balaban J connectivity index is 1.29. The lowest BCUT2D eigenvalue weighted by atomic mass is 9.91. The van der Waals surface area contributed by atoms with E-state index in [4.69, 9.17) is 4.74 Å². The Hall–Kier alpha value is -2.78. The number of nitrogens with zero attached hydrogens (tertiary/aromatic N) is 4. The molecular formula is C25H29FN4O3S. The molecule has 0 saturated carbocycles. The number of carbonyl (C=O) groups is 1. The molecule has 1 atom stereocenters. The quantitative estimate of drug-likeness (QED) is 0.555. The maximum atomic E-state index is 14.0. The van der Waals surface area contributed by atoms with Gasteiger partial charge in [-0.15, -0.1) is 11.3 Å². The first-order valence-electron chi connectivity index (χ1n) is 11.9. The van der Waals surface area contributed by atoms with Gasteiger partial charge >= 0.3 is 6.09 Å². The van der Waals surface area contributed by atoms with Crippen molar-refractivity contribution < 1.29 is 13.9 Å². The van der Waals surface area contributed by atoms with Gasteiger partial charge in [-0.3, -0.25) is 14.3 Å². The van der Waals surface area contributed by atoms with Crippen molar-refractivity contribution in [2.75, 3.05) is 32.8 Å². The van der Waals surface area contributed by atoms with E-state index in [1.807, 2.05) is 13.0 Å². The Bertz CT molecular complexity index is 1250. The number of carbonyl (C=O) groups excluding carboxylic acids is 1. The van der Waals surface area contributed by atoms with Crippen LogP contribution in [0, 0.1) is 5.82 Å². The maximum Gasteiger partial charge on any atom is 0.409 e. The van der Waals surface area contributed by atoms with Gasteiger partial charge < -0.3 is 9.64 Å². The number of halogens is 1. The second kappa shape index (κ2) is 9.84. The Morgan fingerprint density at radius 2 is 2.03 bits per heavy atom. The molecule has 180 valence electrons. The van der Waals surface area contributed by atoms with Crippen LogP contribution in [0.25, 0.3) is 10.2 Å². The standard InChI is InChI=1S/C25H29FN4O3S/c1-2-33-25(32)29-13-11-28(12-14-29)18-7-8-19-21(15-18)34-23-22(19)24(31)30(16-27-23)10-9-17-5-3-4-6-20(17)26/h3-6,16,18H,2,7-15H2,1H3. The minimum atomic E-state index is -0.244. The molecule has 5 rings (SSSR count). The van der Waals surface area contributed by atoms with Crippen molar-refractivity contribution in [1.82, 2.24) is 19.4 Å². The van der Waals surface area contributed by atoms with E-state index in [9.17, 15) is 14.0 Å². The monoisotopic (exact) mass is 484 g/mol. The molecule has 0 N–H and O–H groups in total. The van der Waals surface area contributed by atoms with Gasteiger partial charge in [0.2, 0.25) is 0 Å². The Kier molecular flexibility index (Phi) is 6.65. The van der Waals surface area contributed by atoms with Crippen LogP contribution in [0.1, 0.15) is 29.3 Å². The lowest BCUT2D eigenvalue weighted by Gasteiger charge is -2.40. The molecule has 1 unspecified atom stereocenters. The van der Waals surface area contributed by atoms with Crippen molar-refractivity contribution in [1.29, 1.82) is 0 Å². The highest BCUT2D eigenvalue weighted by Crippen LogP contribution is 2.35. The average Bonchev–Trinajstić information content (AvgIpc) is 3.23. The Labute approximate surface area is 201 Å². The van der Waals surface area contributed by atoms with Crippen LogP contribution in [-0.4, -0.2) is 64.3 Å². The molecule has 1 amide bonds. The number of aryl methyl sites for hydroxylation is 3. The third-order valence-corrected chi connectivity index (χ3v) is 8.11. The number of piperazine rings is 1. The van der Waals surface area contributed by atoms with E-state index in [2.05, 4.69) is 9.88 Å². The number of hydrogen-bond acceptors (Lipinski definition) is 6. The molecule has 1 fully saturated rings. The zero-order chi connectivity index (χ0) is 23.7. The molecule has 7 nitrogen and oxygen atoms in total. The first-order valence-corrected chi connectivity index (χ1v) is 12.8. The molecule has 0 radical (unpaired) electrons. The zero-order valence-electron chi connectivity index (χ0n) is 19.3. The highest BCUT2D eigenvalue weighted by Gasteiger charge is 2.31. The van der Waals surface area contributed by atoms with Crippen LogP contribution in [0.5, 0.6) is 0 Å². The van der Waals surface area contributed by atoms with Gasteiger partial charge in [-0.1, -0.05) is 18.2 Å². The highest BCUT2D eigenvalue weighted by molar-refractivity contribution is 7.18. The van der Waals surface area contributed by atoms with E-state index >= 15 is 0 Å². The third-order valence-electron chi connectivity index (χ3n) is 6.95. The number of fused-ring (bicyclic) bond motifs is 3. The minimum Gasteiger partial charge on any atom is -0.450 e. The summed E-state index contributed by atoms with van der Waals surface area (Å²) in [6.45, 7) is 5.67. The van der Waals surface area contributed by atoms with Crippen LogP contribution in [0.4, 0.5) is 9.18 Å². The van der Waals surface area contributed by atoms with E-state index < -0.39 is 0 Å². The van der Waals surface area contributed by atoms with Crippen molar-refractivity contribution in [3.8, 4) is 0 Å². The molecule has 1 aliphatic carbocycles. The first kappa shape index (κ1) is 23.0. The normalized spacial score (nSPS) is 18.8. The van der Waals surface area contributed by atoms with Crippen molar-refractivity contribution in [3.05, 3.63) is 62.8 Å². The van der Waals surface area contributed by atoms with Gasteiger partial charge in [-0.25, -0.2) is 14.2 Å². The van der Waals surface area contributed by atoms with Crippen LogP contribution < -0.4 is 5.56 Å². The largest absolute Gasteiger partial charge is 0.450 e. The van der Waals surface area contributed by atoms with Gasteiger partial charge in [0.05, 0.1) is 18.3 Å². The summed E-state index contributed by atoms with van der Waals surface area (Å²) in [6.07, 6.45) is 4.57. The Morgan fingerprint density at radius 1 is 1.24 bits per heavy atom. The molecule has 9 heteroatoms. The van der Waals surface area contributed by atoms with Crippen LogP contribution in [0.15, 0.2) is 35.4 Å². The summed E-state index contributed by atoms with van der Waals surface area (Å²) in [4.78, 5) is 36.1. The fourth-order valence-electron chi connectivity index (χ4n) is 5.08. The fourth-order valence-corrected chi connectivity index (χ4v) is 6.33. The SMILES string of the molecule is CCOC(=O)N1CCN(C2CCc3c(sc4ncn(CCc5ccccc5F)c(=O)c34)C2)CC1. The second-order valence-electron chi connectivity index (χ2n) is 8.89. The van der Waals surface area contributed by atoms with E-state index in [0.29, 0.717) is 44.3 Å². The summed E-state index contributed by atoms with van der Waals surface area (Å²) in [5.74, 6) is -0.244. The molecule has 1 aliphatic heterocycles. The number of hydrogen-bond donors (Lipinski definition) is 0. The lowest BCUT2D eigenvalue weighted by Crippen LogP contribution is -2.53. The van der Waals surface area contributed by atoms with Gasteiger partial charge in [0.25, 0.3) is 5.56 Å². The first-order chi connectivity index (χ1) is 16.5. The van der Waals surface area contributed by atoms with E-state index in [1.54, 1.807) is 39.3 Å². The molecule has 3 aromatic rings. The summed E-state index contributed by atoms with van der Waals surface area (Å²) in [6, 6.07) is 7.09. The van der Waals surface area contributed by atoms with Gasteiger partial charge in [0, 0.05) is 43.6 Å².